The van der Waals surface area contributed by atoms with Gasteiger partial charge in [0.05, 0.1) is 0 Å². The molecule has 0 fully saturated rings. The van der Waals surface area contributed by atoms with Crippen molar-refractivity contribution >= 4 is 5.82 Å². The van der Waals surface area contributed by atoms with Crippen molar-refractivity contribution < 1.29 is 0 Å². The summed E-state index contributed by atoms with van der Waals surface area (Å²) in [6.45, 7) is 3.14. The predicted molar refractivity (Wildman–Crippen MR) is 79.9 cm³/mol. The third kappa shape index (κ3) is 2.79. The molecule has 0 amide bonds. The summed E-state index contributed by atoms with van der Waals surface area (Å²) in [7, 11) is 0. The normalized spacial score (nSPS) is 13.2. The molecular weight excluding hydrogens is 248 g/mol. The lowest BCUT2D eigenvalue weighted by molar-refractivity contribution is 0.883. The number of nitrogens with zero attached hydrogens (tertiary/aromatic N) is 3. The Balaban J connectivity index is 1.88. The fraction of sp³-hybridized carbons (Fsp3) is 0.438. The highest BCUT2D eigenvalue weighted by molar-refractivity contribution is 5.49. The Hall–Kier alpha value is -1.97. The molecular formula is C16H20N4. The van der Waals surface area contributed by atoms with Gasteiger partial charge >= 0.3 is 0 Å². The summed E-state index contributed by atoms with van der Waals surface area (Å²) in [6, 6.07) is 4.05. The Morgan fingerprint density at radius 2 is 2.00 bits per heavy atom. The van der Waals surface area contributed by atoms with E-state index in [-0.39, 0.29) is 0 Å². The van der Waals surface area contributed by atoms with Crippen molar-refractivity contribution in [2.75, 3.05) is 11.9 Å². The number of fused-ring (bicyclic) bond motifs is 1. The van der Waals surface area contributed by atoms with Gasteiger partial charge in [0.2, 0.25) is 0 Å². The van der Waals surface area contributed by atoms with Crippen molar-refractivity contribution in [1.29, 1.82) is 0 Å². The van der Waals surface area contributed by atoms with Gasteiger partial charge in [0.25, 0.3) is 0 Å². The van der Waals surface area contributed by atoms with Crippen LogP contribution >= 0.6 is 0 Å². The maximum Gasteiger partial charge on any atom is 0.135 e. The Morgan fingerprint density at radius 1 is 1.15 bits per heavy atom. The van der Waals surface area contributed by atoms with Gasteiger partial charge in [-0.25, -0.2) is 9.97 Å². The zero-order chi connectivity index (χ0) is 13.8. The van der Waals surface area contributed by atoms with E-state index >= 15 is 0 Å². The summed E-state index contributed by atoms with van der Waals surface area (Å²) in [5, 5.41) is 3.46. The lowest BCUT2D eigenvalue weighted by Crippen LogP contribution is -2.10. The van der Waals surface area contributed by atoms with E-state index in [0.717, 1.165) is 43.9 Å². The van der Waals surface area contributed by atoms with E-state index in [4.69, 9.17) is 9.97 Å². The fourth-order valence-electron chi connectivity index (χ4n) is 2.64. The SMILES string of the molecule is CCCNc1nc(Cc2ccncc2)nc2c1CCC2. The minimum Gasteiger partial charge on any atom is -0.370 e. The molecule has 2 heterocycles. The largest absolute Gasteiger partial charge is 0.370 e. The first kappa shape index (κ1) is 13.0. The van der Waals surface area contributed by atoms with Crippen molar-refractivity contribution in [2.24, 2.45) is 0 Å². The molecule has 0 saturated carbocycles. The first-order chi connectivity index (χ1) is 9.86. The number of pyridine rings is 1. The number of aromatic nitrogens is 3. The van der Waals surface area contributed by atoms with E-state index in [2.05, 4.69) is 17.2 Å². The Kier molecular flexibility index (Phi) is 3.90. The molecule has 20 heavy (non-hydrogen) atoms. The molecule has 4 nitrogen and oxygen atoms in total. The number of hydrogen-bond acceptors (Lipinski definition) is 4. The number of nitrogens with one attached hydrogen (secondary N) is 1. The quantitative estimate of drug-likeness (QED) is 0.906. The van der Waals surface area contributed by atoms with Gasteiger partial charge < -0.3 is 5.32 Å². The molecule has 0 spiro atoms. The molecule has 0 saturated heterocycles. The fourth-order valence-corrected chi connectivity index (χ4v) is 2.64. The molecule has 104 valence electrons. The van der Waals surface area contributed by atoms with Gasteiger partial charge in [-0.3, -0.25) is 4.98 Å². The molecule has 0 aliphatic heterocycles. The smallest absolute Gasteiger partial charge is 0.135 e. The first-order valence-corrected chi connectivity index (χ1v) is 7.38. The van der Waals surface area contributed by atoms with Crippen molar-refractivity contribution in [1.82, 2.24) is 15.0 Å². The molecule has 0 unspecified atom stereocenters. The maximum absolute atomic E-state index is 4.75. The highest BCUT2D eigenvalue weighted by Gasteiger charge is 2.19. The average molecular weight is 268 g/mol. The minimum absolute atomic E-state index is 0.774. The number of hydrogen-bond donors (Lipinski definition) is 1. The summed E-state index contributed by atoms with van der Waals surface area (Å²) >= 11 is 0. The lowest BCUT2D eigenvalue weighted by atomic mass is 10.1. The van der Waals surface area contributed by atoms with Gasteiger partial charge in [-0.05, 0) is 43.4 Å². The third-order valence-electron chi connectivity index (χ3n) is 3.63. The van der Waals surface area contributed by atoms with Crippen LogP contribution in [0.2, 0.25) is 0 Å². The van der Waals surface area contributed by atoms with Crippen molar-refractivity contribution in [2.45, 2.75) is 39.0 Å². The van der Waals surface area contributed by atoms with Crippen LogP contribution in [-0.4, -0.2) is 21.5 Å². The highest BCUT2D eigenvalue weighted by atomic mass is 15.0. The monoisotopic (exact) mass is 268 g/mol. The number of aryl methyl sites for hydroxylation is 1. The molecule has 1 aliphatic carbocycles. The van der Waals surface area contributed by atoms with E-state index in [0.29, 0.717) is 0 Å². The molecule has 0 bridgehead atoms. The van der Waals surface area contributed by atoms with E-state index in [9.17, 15) is 0 Å². The lowest BCUT2D eigenvalue weighted by Gasteiger charge is -2.11. The molecule has 4 heteroatoms. The van der Waals surface area contributed by atoms with Gasteiger partial charge in [-0.2, -0.15) is 0 Å². The van der Waals surface area contributed by atoms with Crippen molar-refractivity contribution in [3.63, 3.8) is 0 Å². The molecule has 2 aromatic heterocycles. The highest BCUT2D eigenvalue weighted by Crippen LogP contribution is 2.26. The minimum atomic E-state index is 0.774. The molecule has 0 radical (unpaired) electrons. The van der Waals surface area contributed by atoms with Crippen molar-refractivity contribution in [3.05, 3.63) is 47.2 Å². The van der Waals surface area contributed by atoms with Crippen LogP contribution in [0.15, 0.2) is 24.5 Å². The van der Waals surface area contributed by atoms with Gasteiger partial charge in [0, 0.05) is 36.6 Å². The van der Waals surface area contributed by atoms with Gasteiger partial charge in [-0.15, -0.1) is 0 Å². The van der Waals surface area contributed by atoms with E-state index < -0.39 is 0 Å². The predicted octanol–water partition coefficient (Wildman–Crippen LogP) is 2.77. The Bertz CT molecular complexity index is 581. The zero-order valence-corrected chi connectivity index (χ0v) is 11.9. The molecule has 0 aromatic carbocycles. The van der Waals surface area contributed by atoms with Crippen LogP contribution in [0.1, 0.15) is 42.4 Å². The van der Waals surface area contributed by atoms with Crippen LogP contribution < -0.4 is 5.32 Å². The van der Waals surface area contributed by atoms with Gasteiger partial charge in [-0.1, -0.05) is 6.92 Å². The van der Waals surface area contributed by atoms with Crippen LogP contribution in [0.4, 0.5) is 5.82 Å². The van der Waals surface area contributed by atoms with Crippen LogP contribution in [0, 0.1) is 0 Å². The second-order valence-corrected chi connectivity index (χ2v) is 5.23. The van der Waals surface area contributed by atoms with Crippen molar-refractivity contribution in [3.8, 4) is 0 Å². The van der Waals surface area contributed by atoms with Crippen LogP contribution in [-0.2, 0) is 19.3 Å². The van der Waals surface area contributed by atoms with E-state index in [1.165, 1.54) is 23.2 Å². The Morgan fingerprint density at radius 3 is 2.80 bits per heavy atom. The first-order valence-electron chi connectivity index (χ1n) is 7.38. The standard InChI is InChI=1S/C16H20N4/c1-2-8-18-16-13-4-3-5-14(13)19-15(20-16)11-12-6-9-17-10-7-12/h6-7,9-10H,2-5,8,11H2,1H3,(H,18,19,20). The second-order valence-electron chi connectivity index (χ2n) is 5.23. The van der Waals surface area contributed by atoms with Crippen LogP contribution in [0.3, 0.4) is 0 Å². The third-order valence-corrected chi connectivity index (χ3v) is 3.63. The van der Waals surface area contributed by atoms with Crippen LogP contribution in [0.5, 0.6) is 0 Å². The molecule has 1 N–H and O–H groups in total. The number of anilines is 1. The van der Waals surface area contributed by atoms with E-state index in [1.807, 2.05) is 24.5 Å². The molecule has 3 rings (SSSR count). The summed E-state index contributed by atoms with van der Waals surface area (Å²) in [5.74, 6) is 1.97. The average Bonchev–Trinajstić information content (AvgIpc) is 2.94. The topological polar surface area (TPSA) is 50.7 Å². The zero-order valence-electron chi connectivity index (χ0n) is 11.9. The summed E-state index contributed by atoms with van der Waals surface area (Å²) in [5.41, 5.74) is 3.78. The second kappa shape index (κ2) is 5.99. The molecule has 2 aromatic rings. The summed E-state index contributed by atoms with van der Waals surface area (Å²) < 4.78 is 0. The molecule has 1 aliphatic rings. The van der Waals surface area contributed by atoms with Gasteiger partial charge in [0.1, 0.15) is 11.6 Å². The van der Waals surface area contributed by atoms with E-state index in [1.54, 1.807) is 0 Å². The summed E-state index contributed by atoms with van der Waals surface area (Å²) in [6.07, 6.45) is 8.91. The molecule has 0 atom stereocenters. The maximum atomic E-state index is 4.75. The Labute approximate surface area is 119 Å². The van der Waals surface area contributed by atoms with Crippen LogP contribution in [0.25, 0.3) is 0 Å². The number of rotatable bonds is 5. The summed E-state index contributed by atoms with van der Waals surface area (Å²) in [4.78, 5) is 13.5. The van der Waals surface area contributed by atoms with Gasteiger partial charge in [0.15, 0.2) is 0 Å².